The number of aryl methyl sites for hydroxylation is 2. The Bertz CT molecular complexity index is 494. The molecule has 0 spiro atoms. The quantitative estimate of drug-likeness (QED) is 0.801. The van der Waals surface area contributed by atoms with Gasteiger partial charge in [-0.05, 0) is 46.6 Å². The van der Waals surface area contributed by atoms with Gasteiger partial charge in [-0.2, -0.15) is 10.2 Å². The maximum atomic E-state index is 11.7. The summed E-state index contributed by atoms with van der Waals surface area (Å²) in [7, 11) is 0. The van der Waals surface area contributed by atoms with Gasteiger partial charge in [0, 0.05) is 17.9 Å². The van der Waals surface area contributed by atoms with Crippen molar-refractivity contribution < 1.29 is 0 Å². The van der Waals surface area contributed by atoms with Gasteiger partial charge in [0.05, 0.1) is 11.5 Å². The lowest BCUT2D eigenvalue weighted by Crippen LogP contribution is -2.26. The Morgan fingerprint density at radius 3 is 2.65 bits per heavy atom. The van der Waals surface area contributed by atoms with Gasteiger partial charge >= 0.3 is 5.69 Å². The van der Waals surface area contributed by atoms with Crippen LogP contribution in [0.3, 0.4) is 0 Å². The Hall–Kier alpha value is -1.63. The van der Waals surface area contributed by atoms with Crippen LogP contribution in [0.1, 0.15) is 38.1 Å². The summed E-state index contributed by atoms with van der Waals surface area (Å²) in [4.78, 5) is 15.6. The molecular weight excluding hydrogens is 214 g/mol. The topological polar surface area (TPSA) is 58.7 Å². The molecule has 0 fully saturated rings. The first kappa shape index (κ1) is 13.4. The van der Waals surface area contributed by atoms with Gasteiger partial charge in [-0.15, -0.1) is 0 Å². The summed E-state index contributed by atoms with van der Waals surface area (Å²) in [5, 5.41) is 8.91. The number of nitriles is 1. The molecule has 0 bridgehead atoms. The Balaban J connectivity index is 2.72. The minimum atomic E-state index is -0.324. The molecule has 4 nitrogen and oxygen atoms in total. The number of nitrogens with zero attached hydrogens (tertiary/aromatic N) is 3. The number of aromatic nitrogens is 2. The molecule has 0 aliphatic carbocycles. The zero-order valence-electron chi connectivity index (χ0n) is 10.9. The van der Waals surface area contributed by atoms with E-state index < -0.39 is 0 Å². The second-order valence-electron chi connectivity index (χ2n) is 5.07. The van der Waals surface area contributed by atoms with Crippen LogP contribution in [-0.4, -0.2) is 9.55 Å². The van der Waals surface area contributed by atoms with Crippen LogP contribution in [0.4, 0.5) is 0 Å². The van der Waals surface area contributed by atoms with E-state index in [0.717, 1.165) is 24.2 Å². The molecule has 1 rings (SSSR count). The van der Waals surface area contributed by atoms with Gasteiger partial charge in [-0.3, -0.25) is 4.57 Å². The molecule has 0 N–H and O–H groups in total. The van der Waals surface area contributed by atoms with Crippen LogP contribution in [0.5, 0.6) is 0 Å². The predicted molar refractivity (Wildman–Crippen MR) is 66.6 cm³/mol. The van der Waals surface area contributed by atoms with Crippen molar-refractivity contribution in [1.29, 1.82) is 5.26 Å². The molecule has 0 unspecified atom stereocenters. The van der Waals surface area contributed by atoms with Crippen LogP contribution in [0, 0.1) is 30.6 Å². The van der Waals surface area contributed by atoms with E-state index in [1.807, 2.05) is 33.8 Å². The average molecular weight is 233 g/mol. The van der Waals surface area contributed by atoms with Crippen LogP contribution in [0.15, 0.2) is 10.9 Å². The molecular formula is C13H19N3O. The monoisotopic (exact) mass is 233 g/mol. The lowest BCUT2D eigenvalue weighted by Gasteiger charge is -2.15. The van der Waals surface area contributed by atoms with E-state index >= 15 is 0 Å². The normalized spacial score (nSPS) is 11.2. The molecule has 0 atom stereocenters. The maximum absolute atomic E-state index is 11.7. The van der Waals surface area contributed by atoms with Gasteiger partial charge in [-0.25, -0.2) is 4.79 Å². The first-order valence-corrected chi connectivity index (χ1v) is 5.82. The molecule has 0 aromatic carbocycles. The third kappa shape index (κ3) is 3.70. The van der Waals surface area contributed by atoms with Crippen molar-refractivity contribution in [2.75, 3.05) is 0 Å². The highest BCUT2D eigenvalue weighted by atomic mass is 16.1. The molecule has 17 heavy (non-hydrogen) atoms. The van der Waals surface area contributed by atoms with Gasteiger partial charge in [0.15, 0.2) is 0 Å². The minimum absolute atomic E-state index is 0.197. The number of rotatable bonds is 4. The van der Waals surface area contributed by atoms with Crippen molar-refractivity contribution in [3.05, 3.63) is 27.9 Å². The lowest BCUT2D eigenvalue weighted by atomic mass is 9.90. The maximum Gasteiger partial charge on any atom is 0.347 e. The van der Waals surface area contributed by atoms with Crippen molar-refractivity contribution in [2.45, 2.75) is 47.1 Å². The molecule has 92 valence electrons. The zero-order chi connectivity index (χ0) is 13.1. The van der Waals surface area contributed by atoms with Crippen LogP contribution in [0.2, 0.25) is 0 Å². The van der Waals surface area contributed by atoms with Crippen molar-refractivity contribution >= 4 is 0 Å². The fraction of sp³-hybridized carbons (Fsp3) is 0.615. The molecule has 0 amide bonds. The van der Waals surface area contributed by atoms with Crippen LogP contribution in [0.25, 0.3) is 0 Å². The molecule has 1 aromatic heterocycles. The largest absolute Gasteiger partial charge is 0.347 e. The molecule has 0 saturated heterocycles. The molecule has 1 heterocycles. The summed E-state index contributed by atoms with van der Waals surface area (Å²) in [6, 6.07) is 4.16. The highest BCUT2D eigenvalue weighted by Crippen LogP contribution is 2.20. The van der Waals surface area contributed by atoms with Crippen LogP contribution in [-0.2, 0) is 6.54 Å². The van der Waals surface area contributed by atoms with E-state index in [0.29, 0.717) is 6.54 Å². The Morgan fingerprint density at radius 1 is 1.47 bits per heavy atom. The summed E-state index contributed by atoms with van der Waals surface area (Å²) >= 11 is 0. The molecule has 0 aliphatic heterocycles. The standard InChI is InChI=1S/C13H19N3O/c1-10-8-11(2)16(12(17)15-10)7-5-6-13(3,4)9-14/h8H,5-7H2,1-4H3. The van der Waals surface area contributed by atoms with Crippen molar-refractivity contribution in [3.63, 3.8) is 0 Å². The van der Waals surface area contributed by atoms with Gasteiger partial charge < -0.3 is 0 Å². The highest BCUT2D eigenvalue weighted by Gasteiger charge is 2.16. The highest BCUT2D eigenvalue weighted by molar-refractivity contribution is 5.06. The van der Waals surface area contributed by atoms with E-state index in [1.54, 1.807) is 4.57 Å². The summed E-state index contributed by atoms with van der Waals surface area (Å²) < 4.78 is 1.67. The van der Waals surface area contributed by atoms with Gasteiger partial charge in [-0.1, -0.05) is 0 Å². The summed E-state index contributed by atoms with van der Waals surface area (Å²) in [6.07, 6.45) is 1.59. The first-order valence-electron chi connectivity index (χ1n) is 5.82. The minimum Gasteiger partial charge on any atom is -0.297 e. The molecule has 0 radical (unpaired) electrons. The van der Waals surface area contributed by atoms with E-state index in [4.69, 9.17) is 5.26 Å². The molecule has 4 heteroatoms. The lowest BCUT2D eigenvalue weighted by molar-refractivity contribution is 0.410. The Kier molecular flexibility index (Phi) is 4.06. The van der Waals surface area contributed by atoms with E-state index in [-0.39, 0.29) is 11.1 Å². The third-order valence-corrected chi connectivity index (χ3v) is 2.83. The van der Waals surface area contributed by atoms with E-state index in [9.17, 15) is 4.79 Å². The third-order valence-electron chi connectivity index (χ3n) is 2.83. The second kappa shape index (κ2) is 5.13. The average Bonchev–Trinajstić information content (AvgIpc) is 2.22. The van der Waals surface area contributed by atoms with Crippen molar-refractivity contribution in [3.8, 4) is 6.07 Å². The SMILES string of the molecule is Cc1cc(C)n(CCCC(C)(C)C#N)c(=O)n1. The number of hydrogen-bond acceptors (Lipinski definition) is 3. The fourth-order valence-corrected chi connectivity index (χ4v) is 1.78. The van der Waals surface area contributed by atoms with Crippen molar-refractivity contribution in [2.24, 2.45) is 5.41 Å². The molecule has 1 aromatic rings. The summed E-state index contributed by atoms with van der Waals surface area (Å²) in [5.41, 5.74) is 1.16. The zero-order valence-corrected chi connectivity index (χ0v) is 10.9. The number of hydrogen-bond donors (Lipinski definition) is 0. The van der Waals surface area contributed by atoms with Crippen LogP contribution < -0.4 is 5.69 Å². The second-order valence-corrected chi connectivity index (χ2v) is 5.07. The smallest absolute Gasteiger partial charge is 0.297 e. The van der Waals surface area contributed by atoms with Crippen molar-refractivity contribution in [1.82, 2.24) is 9.55 Å². The predicted octanol–water partition coefficient (Wildman–Crippen LogP) is 2.19. The van der Waals surface area contributed by atoms with Gasteiger partial charge in [0.2, 0.25) is 0 Å². The summed E-state index contributed by atoms with van der Waals surface area (Å²) in [6.45, 7) is 8.18. The van der Waals surface area contributed by atoms with Gasteiger partial charge in [0.25, 0.3) is 0 Å². The first-order chi connectivity index (χ1) is 7.85. The van der Waals surface area contributed by atoms with E-state index in [1.165, 1.54) is 0 Å². The van der Waals surface area contributed by atoms with Gasteiger partial charge in [0.1, 0.15) is 0 Å². The Labute approximate surface area is 102 Å². The van der Waals surface area contributed by atoms with E-state index in [2.05, 4.69) is 11.1 Å². The fourth-order valence-electron chi connectivity index (χ4n) is 1.78. The molecule has 0 aliphatic rings. The Morgan fingerprint density at radius 2 is 2.12 bits per heavy atom. The summed E-state index contributed by atoms with van der Waals surface area (Å²) in [5.74, 6) is 0. The van der Waals surface area contributed by atoms with Crippen LogP contribution >= 0.6 is 0 Å². The molecule has 0 saturated carbocycles.